The van der Waals surface area contributed by atoms with E-state index < -0.39 is 5.91 Å². The van der Waals surface area contributed by atoms with Crippen molar-refractivity contribution in [1.82, 2.24) is 24.5 Å². The number of fused-ring (bicyclic) bond motifs is 3. The Kier molecular flexibility index (Phi) is 4.99. The average molecular weight is 423 g/mol. The number of aryl methyl sites for hydroxylation is 1. The molecule has 1 amide bonds. The predicted octanol–water partition coefficient (Wildman–Crippen LogP) is 3.33. The zero-order valence-electron chi connectivity index (χ0n) is 17.5. The van der Waals surface area contributed by atoms with Crippen LogP contribution in [0.3, 0.4) is 0 Å². The van der Waals surface area contributed by atoms with Gasteiger partial charge in [-0.3, -0.25) is 14.2 Å². The number of hydrogen-bond acceptors (Lipinski definition) is 4. The molecule has 0 aliphatic carbocycles. The molecule has 0 radical (unpaired) electrons. The lowest BCUT2D eigenvalue weighted by Crippen LogP contribution is -2.24. The number of nitrogens with one attached hydrogen (secondary N) is 1. The quantitative estimate of drug-likeness (QED) is 0.470. The van der Waals surface area contributed by atoms with Crippen LogP contribution in [-0.4, -0.2) is 25.1 Å². The van der Waals surface area contributed by atoms with Gasteiger partial charge in [0.2, 0.25) is 11.5 Å². The van der Waals surface area contributed by atoms with Gasteiger partial charge in [0.25, 0.3) is 11.5 Å². The van der Waals surface area contributed by atoms with Crippen LogP contribution in [0.1, 0.15) is 27.3 Å². The zero-order valence-corrected chi connectivity index (χ0v) is 17.5. The lowest BCUT2D eigenvalue weighted by atomic mass is 10.2. The summed E-state index contributed by atoms with van der Waals surface area (Å²) in [6.07, 6.45) is 0. The van der Waals surface area contributed by atoms with Crippen LogP contribution >= 0.6 is 0 Å². The van der Waals surface area contributed by atoms with Crippen molar-refractivity contribution in [1.29, 1.82) is 0 Å². The fourth-order valence-corrected chi connectivity index (χ4v) is 3.75. The van der Waals surface area contributed by atoms with Gasteiger partial charge in [0.15, 0.2) is 0 Å². The molecule has 158 valence electrons. The standard InChI is InChI=1S/C25H21N5O2/c1-17-12-13-20-21(14-17)29(16-19-10-6-3-7-11-19)25(32)23-27-22(28-30(20)23)24(31)26-15-18-8-4-2-5-9-18/h2-14H,15-16H2,1H3,(H,26,31). The van der Waals surface area contributed by atoms with E-state index in [-0.39, 0.29) is 17.0 Å². The third kappa shape index (κ3) is 3.65. The number of carbonyl (C=O) groups is 1. The molecule has 2 aromatic heterocycles. The Bertz CT molecular complexity index is 1490. The van der Waals surface area contributed by atoms with Crippen molar-refractivity contribution >= 4 is 22.6 Å². The lowest BCUT2D eigenvalue weighted by molar-refractivity contribution is 0.0941. The van der Waals surface area contributed by atoms with Gasteiger partial charge in [-0.2, -0.15) is 4.98 Å². The Morgan fingerprint density at radius 2 is 1.59 bits per heavy atom. The van der Waals surface area contributed by atoms with E-state index in [0.29, 0.717) is 13.1 Å². The first kappa shape index (κ1) is 19.7. The van der Waals surface area contributed by atoms with Gasteiger partial charge in [-0.1, -0.05) is 66.7 Å². The second kappa shape index (κ2) is 8.11. The maximum atomic E-state index is 13.4. The fraction of sp³-hybridized carbons (Fsp3) is 0.120. The molecule has 0 bridgehead atoms. The molecule has 32 heavy (non-hydrogen) atoms. The number of rotatable bonds is 5. The Labute approximate surface area is 184 Å². The SMILES string of the molecule is Cc1ccc2c(c1)n(Cc1ccccc1)c(=O)c1nc(C(=O)NCc3ccccc3)nn12. The summed E-state index contributed by atoms with van der Waals surface area (Å²) in [5, 5.41) is 7.19. The maximum absolute atomic E-state index is 13.4. The number of carbonyl (C=O) groups excluding carboxylic acids is 1. The minimum absolute atomic E-state index is 0.0302. The second-order valence-corrected chi connectivity index (χ2v) is 7.71. The van der Waals surface area contributed by atoms with E-state index in [2.05, 4.69) is 15.4 Å². The lowest BCUT2D eigenvalue weighted by Gasteiger charge is -2.12. The normalized spacial score (nSPS) is 11.2. The van der Waals surface area contributed by atoms with Gasteiger partial charge in [0.05, 0.1) is 17.6 Å². The summed E-state index contributed by atoms with van der Waals surface area (Å²) in [5.74, 6) is -0.454. The van der Waals surface area contributed by atoms with E-state index in [1.54, 1.807) is 4.57 Å². The summed E-state index contributed by atoms with van der Waals surface area (Å²) in [5.41, 5.74) is 4.30. The van der Waals surface area contributed by atoms with E-state index in [1.807, 2.05) is 85.8 Å². The van der Waals surface area contributed by atoms with Crippen LogP contribution < -0.4 is 10.9 Å². The van der Waals surface area contributed by atoms with Crippen molar-refractivity contribution in [2.45, 2.75) is 20.0 Å². The molecular formula is C25H21N5O2. The number of hydrogen-bond donors (Lipinski definition) is 1. The summed E-state index contributed by atoms with van der Waals surface area (Å²) in [6, 6.07) is 25.2. The van der Waals surface area contributed by atoms with Gasteiger partial charge in [-0.05, 0) is 35.7 Å². The Hall–Kier alpha value is -4.26. The molecule has 0 unspecified atom stereocenters. The molecule has 0 saturated carbocycles. The molecule has 0 atom stereocenters. The molecule has 0 aliphatic heterocycles. The second-order valence-electron chi connectivity index (χ2n) is 7.71. The van der Waals surface area contributed by atoms with E-state index in [1.165, 1.54) is 4.52 Å². The van der Waals surface area contributed by atoms with E-state index >= 15 is 0 Å². The smallest absolute Gasteiger partial charge is 0.296 e. The van der Waals surface area contributed by atoms with Crippen molar-refractivity contribution in [2.24, 2.45) is 0 Å². The van der Waals surface area contributed by atoms with Crippen molar-refractivity contribution in [2.75, 3.05) is 0 Å². The molecule has 0 saturated heterocycles. The van der Waals surface area contributed by atoms with Crippen LogP contribution in [0.2, 0.25) is 0 Å². The van der Waals surface area contributed by atoms with Crippen LogP contribution in [0.25, 0.3) is 16.7 Å². The number of nitrogens with zero attached hydrogens (tertiary/aromatic N) is 4. The van der Waals surface area contributed by atoms with Crippen molar-refractivity contribution in [3.8, 4) is 0 Å². The van der Waals surface area contributed by atoms with Gasteiger partial charge >= 0.3 is 0 Å². The van der Waals surface area contributed by atoms with Crippen LogP contribution in [0.4, 0.5) is 0 Å². The Morgan fingerprint density at radius 1 is 0.906 bits per heavy atom. The highest BCUT2D eigenvalue weighted by Gasteiger charge is 2.19. The molecule has 0 aliphatic rings. The summed E-state index contributed by atoms with van der Waals surface area (Å²) in [4.78, 5) is 30.4. The highest BCUT2D eigenvalue weighted by molar-refractivity contribution is 5.91. The third-order valence-corrected chi connectivity index (χ3v) is 5.38. The van der Waals surface area contributed by atoms with Crippen LogP contribution in [0, 0.1) is 6.92 Å². The van der Waals surface area contributed by atoms with Gasteiger partial charge in [-0.15, -0.1) is 5.10 Å². The van der Waals surface area contributed by atoms with Crippen LogP contribution in [0.15, 0.2) is 83.7 Å². The van der Waals surface area contributed by atoms with E-state index in [4.69, 9.17) is 0 Å². The van der Waals surface area contributed by atoms with E-state index in [0.717, 1.165) is 27.7 Å². The molecule has 5 rings (SSSR count). The van der Waals surface area contributed by atoms with Crippen molar-refractivity contribution in [3.05, 3.63) is 112 Å². The first-order valence-electron chi connectivity index (χ1n) is 10.4. The van der Waals surface area contributed by atoms with Gasteiger partial charge in [0, 0.05) is 6.54 Å². The summed E-state index contributed by atoms with van der Waals surface area (Å²) in [6.45, 7) is 2.73. The van der Waals surface area contributed by atoms with Gasteiger partial charge in [-0.25, -0.2) is 4.52 Å². The summed E-state index contributed by atoms with van der Waals surface area (Å²) in [7, 11) is 0. The highest BCUT2D eigenvalue weighted by atomic mass is 16.2. The minimum atomic E-state index is -0.424. The molecule has 7 nitrogen and oxygen atoms in total. The molecule has 0 fully saturated rings. The monoisotopic (exact) mass is 423 g/mol. The highest BCUT2D eigenvalue weighted by Crippen LogP contribution is 2.17. The summed E-state index contributed by atoms with van der Waals surface area (Å²) >= 11 is 0. The molecule has 2 heterocycles. The Morgan fingerprint density at radius 3 is 2.31 bits per heavy atom. The topological polar surface area (TPSA) is 81.3 Å². The number of amides is 1. The maximum Gasteiger partial charge on any atom is 0.296 e. The molecule has 3 aromatic carbocycles. The predicted molar refractivity (Wildman–Crippen MR) is 123 cm³/mol. The number of aromatic nitrogens is 4. The molecule has 1 N–H and O–H groups in total. The molecule has 7 heteroatoms. The van der Waals surface area contributed by atoms with Crippen molar-refractivity contribution < 1.29 is 4.79 Å². The van der Waals surface area contributed by atoms with Crippen LogP contribution in [-0.2, 0) is 13.1 Å². The van der Waals surface area contributed by atoms with Crippen LogP contribution in [0.5, 0.6) is 0 Å². The van der Waals surface area contributed by atoms with E-state index in [9.17, 15) is 9.59 Å². The largest absolute Gasteiger partial charge is 0.345 e. The molecule has 5 aromatic rings. The summed E-state index contributed by atoms with van der Waals surface area (Å²) < 4.78 is 3.16. The zero-order chi connectivity index (χ0) is 22.1. The Balaban J connectivity index is 1.59. The first-order chi connectivity index (χ1) is 15.6. The third-order valence-electron chi connectivity index (χ3n) is 5.38. The first-order valence-corrected chi connectivity index (χ1v) is 10.4. The van der Waals surface area contributed by atoms with Crippen molar-refractivity contribution in [3.63, 3.8) is 0 Å². The molecular weight excluding hydrogens is 402 g/mol. The number of benzene rings is 3. The fourth-order valence-electron chi connectivity index (χ4n) is 3.75. The minimum Gasteiger partial charge on any atom is -0.345 e. The van der Waals surface area contributed by atoms with Gasteiger partial charge in [0.1, 0.15) is 0 Å². The van der Waals surface area contributed by atoms with Gasteiger partial charge < -0.3 is 5.32 Å². The molecule has 0 spiro atoms. The average Bonchev–Trinajstić information content (AvgIpc) is 3.27.